The molecule has 0 radical (unpaired) electrons. The molecule has 0 fully saturated rings. The Balaban J connectivity index is 1.90. The molecule has 1 aromatic heterocycles. The van der Waals surface area contributed by atoms with Crippen LogP contribution in [-0.4, -0.2) is 17.6 Å². The number of hydrogen-bond donors (Lipinski definition) is 1. The SMILES string of the molecule is Cc1cc(C#N)ccc1N1CN(c2ccc(=O)[nH]c2C)C(=O)c2cc(Cl)ccc21. The number of carbonyl (C=O) groups excluding carboxylic acids is 1. The molecule has 2 heterocycles. The minimum Gasteiger partial charge on any atom is -0.324 e. The molecule has 1 N–H and O–H groups in total. The molecule has 7 heteroatoms. The summed E-state index contributed by atoms with van der Waals surface area (Å²) < 4.78 is 0. The van der Waals surface area contributed by atoms with E-state index < -0.39 is 0 Å². The number of nitriles is 1. The van der Waals surface area contributed by atoms with Crippen molar-refractivity contribution >= 4 is 34.6 Å². The molecule has 0 spiro atoms. The monoisotopic (exact) mass is 404 g/mol. The van der Waals surface area contributed by atoms with Crippen LogP contribution in [0.1, 0.15) is 27.2 Å². The Kier molecular flexibility index (Phi) is 4.61. The molecule has 0 aliphatic carbocycles. The molecule has 2 aromatic carbocycles. The molecule has 0 unspecified atom stereocenters. The minimum atomic E-state index is -0.223. The predicted molar refractivity (Wildman–Crippen MR) is 113 cm³/mol. The number of aromatic nitrogens is 1. The number of fused-ring (bicyclic) bond motifs is 1. The lowest BCUT2D eigenvalue weighted by Gasteiger charge is -2.39. The van der Waals surface area contributed by atoms with E-state index in [0.717, 1.165) is 16.9 Å². The third kappa shape index (κ3) is 3.26. The van der Waals surface area contributed by atoms with Gasteiger partial charge in [-0.2, -0.15) is 5.26 Å². The molecule has 4 rings (SSSR count). The number of halogens is 1. The molecule has 1 aliphatic heterocycles. The lowest BCUT2D eigenvalue weighted by molar-refractivity contribution is 0.0983. The highest BCUT2D eigenvalue weighted by Gasteiger charge is 2.32. The average Bonchev–Trinajstić information content (AvgIpc) is 2.69. The second kappa shape index (κ2) is 7.12. The molecule has 1 aliphatic rings. The van der Waals surface area contributed by atoms with Gasteiger partial charge in [-0.05, 0) is 61.9 Å². The number of anilines is 3. The molecular formula is C22H17ClN4O2. The average molecular weight is 405 g/mol. The summed E-state index contributed by atoms with van der Waals surface area (Å²) >= 11 is 6.18. The second-order valence-electron chi connectivity index (χ2n) is 6.91. The zero-order chi connectivity index (χ0) is 20.7. The first-order valence-electron chi connectivity index (χ1n) is 8.98. The number of aryl methyl sites for hydroxylation is 2. The van der Waals surface area contributed by atoms with Crippen molar-refractivity contribution in [3.8, 4) is 6.07 Å². The summed E-state index contributed by atoms with van der Waals surface area (Å²) in [5.41, 5.74) is 4.58. The van der Waals surface area contributed by atoms with Crippen molar-refractivity contribution in [2.75, 3.05) is 16.5 Å². The van der Waals surface area contributed by atoms with Crippen molar-refractivity contribution in [1.29, 1.82) is 5.26 Å². The number of carbonyl (C=O) groups is 1. The minimum absolute atomic E-state index is 0.194. The fraction of sp³-hybridized carbons (Fsp3) is 0.136. The van der Waals surface area contributed by atoms with Gasteiger partial charge in [0.1, 0.15) is 6.67 Å². The van der Waals surface area contributed by atoms with E-state index in [1.165, 1.54) is 6.07 Å². The topological polar surface area (TPSA) is 80.2 Å². The van der Waals surface area contributed by atoms with Gasteiger partial charge in [-0.1, -0.05) is 11.6 Å². The van der Waals surface area contributed by atoms with E-state index in [0.29, 0.717) is 27.5 Å². The molecule has 0 saturated carbocycles. The molecular weight excluding hydrogens is 388 g/mol. The Labute approximate surface area is 172 Å². The molecule has 0 bridgehead atoms. The van der Waals surface area contributed by atoms with Gasteiger partial charge in [-0.3, -0.25) is 14.5 Å². The Hall–Kier alpha value is -3.56. The van der Waals surface area contributed by atoms with Crippen LogP contribution in [0.2, 0.25) is 5.02 Å². The summed E-state index contributed by atoms with van der Waals surface area (Å²) in [4.78, 5) is 31.3. The first-order chi connectivity index (χ1) is 13.9. The highest BCUT2D eigenvalue weighted by atomic mass is 35.5. The Morgan fingerprint density at radius 2 is 1.69 bits per heavy atom. The number of aromatic amines is 1. The van der Waals surface area contributed by atoms with Crippen molar-refractivity contribution in [1.82, 2.24) is 4.98 Å². The third-order valence-corrected chi connectivity index (χ3v) is 5.24. The van der Waals surface area contributed by atoms with Crippen molar-refractivity contribution in [3.05, 3.63) is 86.3 Å². The summed E-state index contributed by atoms with van der Waals surface area (Å²) in [7, 11) is 0. The zero-order valence-corrected chi connectivity index (χ0v) is 16.6. The van der Waals surface area contributed by atoms with Crippen molar-refractivity contribution < 1.29 is 4.79 Å². The number of nitrogens with one attached hydrogen (secondary N) is 1. The number of benzene rings is 2. The summed E-state index contributed by atoms with van der Waals surface area (Å²) in [6.07, 6.45) is 0. The summed E-state index contributed by atoms with van der Waals surface area (Å²) in [5, 5.41) is 9.64. The largest absolute Gasteiger partial charge is 0.324 e. The van der Waals surface area contributed by atoms with Crippen LogP contribution in [0.15, 0.2) is 53.3 Å². The molecule has 3 aromatic rings. The van der Waals surface area contributed by atoms with Crippen LogP contribution in [0.3, 0.4) is 0 Å². The van der Waals surface area contributed by atoms with E-state index in [1.807, 2.05) is 30.0 Å². The number of H-pyrrole nitrogens is 1. The van der Waals surface area contributed by atoms with Crippen LogP contribution in [0, 0.1) is 25.2 Å². The van der Waals surface area contributed by atoms with Gasteiger partial charge in [0.05, 0.1) is 28.6 Å². The maximum atomic E-state index is 13.3. The van der Waals surface area contributed by atoms with Gasteiger partial charge in [-0.15, -0.1) is 0 Å². The van der Waals surface area contributed by atoms with E-state index in [-0.39, 0.29) is 18.1 Å². The van der Waals surface area contributed by atoms with Crippen molar-refractivity contribution in [2.45, 2.75) is 13.8 Å². The van der Waals surface area contributed by atoms with Crippen molar-refractivity contribution in [2.24, 2.45) is 0 Å². The summed E-state index contributed by atoms with van der Waals surface area (Å²) in [6.45, 7) is 3.94. The Morgan fingerprint density at radius 1 is 0.966 bits per heavy atom. The van der Waals surface area contributed by atoms with Crippen LogP contribution in [0.25, 0.3) is 0 Å². The van der Waals surface area contributed by atoms with Crippen LogP contribution in [0.4, 0.5) is 17.1 Å². The lowest BCUT2D eigenvalue weighted by Crippen LogP contribution is -2.45. The number of pyridine rings is 1. The third-order valence-electron chi connectivity index (χ3n) is 5.00. The van der Waals surface area contributed by atoms with Crippen LogP contribution in [-0.2, 0) is 0 Å². The zero-order valence-electron chi connectivity index (χ0n) is 15.9. The lowest BCUT2D eigenvalue weighted by atomic mass is 10.0. The fourth-order valence-corrected chi connectivity index (χ4v) is 3.80. The highest BCUT2D eigenvalue weighted by molar-refractivity contribution is 6.31. The molecule has 29 heavy (non-hydrogen) atoms. The number of amides is 1. The van der Waals surface area contributed by atoms with Gasteiger partial charge in [0.25, 0.3) is 5.91 Å². The van der Waals surface area contributed by atoms with Gasteiger partial charge in [-0.25, -0.2) is 0 Å². The molecule has 1 amide bonds. The standard InChI is InChI=1S/C22H17ClN4O2/c1-13-9-15(11-24)3-5-18(13)26-12-27(19-7-8-21(28)25-14(19)2)22(29)17-10-16(23)4-6-20(17)26/h3-10H,12H2,1-2H3,(H,25,28). The molecule has 0 saturated heterocycles. The number of rotatable bonds is 2. The summed E-state index contributed by atoms with van der Waals surface area (Å²) in [6, 6.07) is 15.9. The Morgan fingerprint density at radius 3 is 2.38 bits per heavy atom. The van der Waals surface area contributed by atoms with E-state index in [4.69, 9.17) is 16.9 Å². The van der Waals surface area contributed by atoms with Crippen molar-refractivity contribution in [3.63, 3.8) is 0 Å². The first-order valence-corrected chi connectivity index (χ1v) is 9.36. The van der Waals surface area contributed by atoms with Gasteiger partial charge in [0, 0.05) is 22.5 Å². The highest BCUT2D eigenvalue weighted by Crippen LogP contribution is 2.38. The van der Waals surface area contributed by atoms with Crippen LogP contribution in [0.5, 0.6) is 0 Å². The number of nitrogens with zero attached hydrogens (tertiary/aromatic N) is 3. The maximum Gasteiger partial charge on any atom is 0.261 e. The van der Waals surface area contributed by atoms with Gasteiger partial charge in [0.2, 0.25) is 5.56 Å². The fourth-order valence-electron chi connectivity index (χ4n) is 3.62. The van der Waals surface area contributed by atoms with Gasteiger partial charge >= 0.3 is 0 Å². The second-order valence-corrected chi connectivity index (χ2v) is 7.35. The van der Waals surface area contributed by atoms with Gasteiger partial charge < -0.3 is 9.88 Å². The predicted octanol–water partition coefficient (Wildman–Crippen LogP) is 4.27. The quantitative estimate of drug-likeness (QED) is 0.691. The molecule has 0 atom stereocenters. The van der Waals surface area contributed by atoms with Crippen LogP contribution < -0.4 is 15.4 Å². The molecule has 144 valence electrons. The Bertz CT molecular complexity index is 1240. The van der Waals surface area contributed by atoms with Gasteiger partial charge in [0.15, 0.2) is 0 Å². The van der Waals surface area contributed by atoms with E-state index in [1.54, 1.807) is 36.1 Å². The molecule has 6 nitrogen and oxygen atoms in total. The summed E-state index contributed by atoms with van der Waals surface area (Å²) in [5.74, 6) is -0.194. The first kappa shape index (κ1) is 18.8. The van der Waals surface area contributed by atoms with E-state index in [2.05, 4.69) is 11.1 Å². The van der Waals surface area contributed by atoms with E-state index in [9.17, 15) is 9.59 Å². The van der Waals surface area contributed by atoms with Crippen LogP contribution >= 0.6 is 11.6 Å². The smallest absolute Gasteiger partial charge is 0.261 e. The number of hydrogen-bond acceptors (Lipinski definition) is 4. The van der Waals surface area contributed by atoms with E-state index >= 15 is 0 Å². The maximum absolute atomic E-state index is 13.3. The normalized spacial score (nSPS) is 13.2.